The molecule has 0 aliphatic carbocycles. The first kappa shape index (κ1) is 22.2. The van der Waals surface area contributed by atoms with Crippen LogP contribution in [0.15, 0.2) is 41.9 Å². The van der Waals surface area contributed by atoms with Gasteiger partial charge in [-0.1, -0.05) is 12.1 Å². The first-order valence-corrected chi connectivity index (χ1v) is 9.48. The summed E-state index contributed by atoms with van der Waals surface area (Å²) in [6, 6.07) is 8.00. The number of carbonyl (C=O) groups is 1. The van der Waals surface area contributed by atoms with E-state index in [9.17, 15) is 4.79 Å². The Kier molecular flexibility index (Phi) is 7.19. The molecule has 1 aromatic carbocycles. The van der Waals surface area contributed by atoms with Gasteiger partial charge in [0.15, 0.2) is 5.96 Å². The number of nitrogens with zero attached hydrogens (tertiary/aromatic N) is 4. The Hall–Kier alpha value is -3.10. The summed E-state index contributed by atoms with van der Waals surface area (Å²) in [5.74, 6) is 0.643. The Labute approximate surface area is 172 Å². The Morgan fingerprint density at radius 2 is 1.83 bits per heavy atom. The van der Waals surface area contributed by atoms with Crippen molar-refractivity contribution in [3.63, 3.8) is 0 Å². The first-order valence-electron chi connectivity index (χ1n) is 9.48. The minimum absolute atomic E-state index is 0.445. The number of carbonyl (C=O) groups excluding carboxylic acids is 1. The topological polar surface area (TPSA) is 105 Å². The van der Waals surface area contributed by atoms with Gasteiger partial charge in [-0.2, -0.15) is 5.10 Å². The minimum Gasteiger partial charge on any atom is -0.444 e. The van der Waals surface area contributed by atoms with Crippen LogP contribution in [0.4, 0.5) is 4.79 Å². The Bertz CT molecular complexity index is 806. The summed E-state index contributed by atoms with van der Waals surface area (Å²) in [4.78, 5) is 20.2. The van der Waals surface area contributed by atoms with Gasteiger partial charge in [-0.3, -0.25) is 4.99 Å². The van der Waals surface area contributed by atoms with Crippen molar-refractivity contribution in [3.8, 4) is 5.69 Å². The highest BCUT2D eigenvalue weighted by atomic mass is 16.6. The molecule has 0 aliphatic rings. The summed E-state index contributed by atoms with van der Waals surface area (Å²) in [6.07, 6.45) is 2.72. The molecule has 1 heterocycles. The quantitative estimate of drug-likeness (QED) is 0.506. The van der Waals surface area contributed by atoms with Crippen LogP contribution in [-0.2, 0) is 11.3 Å². The lowest BCUT2D eigenvalue weighted by Gasteiger charge is -2.29. The van der Waals surface area contributed by atoms with E-state index >= 15 is 0 Å². The summed E-state index contributed by atoms with van der Waals surface area (Å²) in [5, 5.41) is 13.5. The number of aliphatic imine (C=N–C) groups is 1. The first-order chi connectivity index (χ1) is 13.6. The predicted octanol–water partition coefficient (Wildman–Crippen LogP) is 2.24. The van der Waals surface area contributed by atoms with Gasteiger partial charge in [0, 0.05) is 20.1 Å². The molecule has 2 rings (SSSR count). The lowest BCUT2D eigenvalue weighted by Crippen LogP contribution is -2.54. The van der Waals surface area contributed by atoms with Crippen molar-refractivity contribution >= 4 is 12.1 Å². The molecule has 0 bridgehead atoms. The van der Waals surface area contributed by atoms with Gasteiger partial charge < -0.3 is 20.7 Å². The largest absolute Gasteiger partial charge is 0.444 e. The Morgan fingerprint density at radius 1 is 1.14 bits per heavy atom. The summed E-state index contributed by atoms with van der Waals surface area (Å²) in [6.45, 7) is 10.4. The Morgan fingerprint density at radius 3 is 2.38 bits per heavy atom. The molecular weight excluding hydrogens is 370 g/mol. The molecule has 158 valence electrons. The monoisotopic (exact) mass is 401 g/mol. The molecule has 9 heteroatoms. The molecule has 1 aromatic heterocycles. The van der Waals surface area contributed by atoms with E-state index < -0.39 is 17.2 Å². The van der Waals surface area contributed by atoms with E-state index in [1.54, 1.807) is 18.1 Å². The van der Waals surface area contributed by atoms with E-state index in [1.165, 1.54) is 6.33 Å². The number of hydrogen-bond acceptors (Lipinski definition) is 5. The number of benzene rings is 1. The number of rotatable bonds is 6. The zero-order chi connectivity index (χ0) is 21.5. The fraction of sp³-hybridized carbons (Fsp3) is 0.500. The molecule has 0 unspecified atom stereocenters. The van der Waals surface area contributed by atoms with Crippen LogP contribution in [-0.4, -0.2) is 51.5 Å². The van der Waals surface area contributed by atoms with Gasteiger partial charge in [0.1, 0.15) is 18.3 Å². The highest BCUT2D eigenvalue weighted by molar-refractivity contribution is 5.79. The van der Waals surface area contributed by atoms with Gasteiger partial charge in [-0.25, -0.2) is 14.5 Å². The third-order valence-corrected chi connectivity index (χ3v) is 3.84. The van der Waals surface area contributed by atoms with E-state index in [1.807, 2.05) is 58.9 Å². The highest BCUT2D eigenvalue weighted by Crippen LogP contribution is 2.09. The average Bonchev–Trinajstić information content (AvgIpc) is 3.14. The molecule has 9 nitrogen and oxygen atoms in total. The average molecular weight is 402 g/mol. The second kappa shape index (κ2) is 9.40. The standard InChI is InChI=1S/C20H31N7O2/c1-19(2,3)29-18(28)26-20(4,5)12-24-17(21-6)23-11-15-7-9-16(10-8-15)27-14-22-13-25-27/h7-10,13-14H,11-12H2,1-6H3,(H,26,28)(H2,21,23,24). The number of guanidine groups is 1. The molecule has 0 saturated heterocycles. The zero-order valence-electron chi connectivity index (χ0n) is 18.0. The van der Waals surface area contributed by atoms with Gasteiger partial charge in [0.2, 0.25) is 0 Å². The van der Waals surface area contributed by atoms with E-state index in [0.717, 1.165) is 11.3 Å². The normalized spacial score (nSPS) is 12.4. The molecule has 0 atom stereocenters. The molecule has 29 heavy (non-hydrogen) atoms. The zero-order valence-corrected chi connectivity index (χ0v) is 18.0. The van der Waals surface area contributed by atoms with Gasteiger partial charge in [-0.15, -0.1) is 0 Å². The number of alkyl carbamates (subject to hydrolysis) is 1. The SMILES string of the molecule is CN=C(NCc1ccc(-n2cncn2)cc1)NCC(C)(C)NC(=O)OC(C)(C)C. The molecule has 0 radical (unpaired) electrons. The maximum Gasteiger partial charge on any atom is 0.408 e. The van der Waals surface area contributed by atoms with Crippen LogP contribution in [0, 0.1) is 0 Å². The molecule has 1 amide bonds. The van der Waals surface area contributed by atoms with Crippen LogP contribution >= 0.6 is 0 Å². The Balaban J connectivity index is 1.82. The number of amides is 1. The third kappa shape index (κ3) is 7.81. The van der Waals surface area contributed by atoms with E-state index in [-0.39, 0.29) is 0 Å². The molecule has 2 aromatic rings. The minimum atomic E-state index is -0.533. The third-order valence-electron chi connectivity index (χ3n) is 3.84. The van der Waals surface area contributed by atoms with Crippen LogP contribution in [0.3, 0.4) is 0 Å². The fourth-order valence-corrected chi connectivity index (χ4v) is 2.44. The van der Waals surface area contributed by atoms with Crippen molar-refractivity contribution in [2.75, 3.05) is 13.6 Å². The second-order valence-corrected chi connectivity index (χ2v) is 8.30. The summed E-state index contributed by atoms with van der Waals surface area (Å²) >= 11 is 0. The number of ether oxygens (including phenoxy) is 1. The van der Waals surface area contributed by atoms with Crippen LogP contribution in [0.5, 0.6) is 0 Å². The van der Waals surface area contributed by atoms with Crippen molar-refractivity contribution in [2.24, 2.45) is 4.99 Å². The van der Waals surface area contributed by atoms with Gasteiger partial charge in [0.05, 0.1) is 11.2 Å². The van der Waals surface area contributed by atoms with Gasteiger partial charge in [0.25, 0.3) is 0 Å². The fourth-order valence-electron chi connectivity index (χ4n) is 2.44. The van der Waals surface area contributed by atoms with E-state index in [0.29, 0.717) is 19.0 Å². The summed E-state index contributed by atoms with van der Waals surface area (Å²) < 4.78 is 7.02. The van der Waals surface area contributed by atoms with Gasteiger partial charge >= 0.3 is 6.09 Å². The van der Waals surface area contributed by atoms with Crippen LogP contribution in [0.2, 0.25) is 0 Å². The maximum atomic E-state index is 12.0. The van der Waals surface area contributed by atoms with Crippen molar-refractivity contribution in [2.45, 2.75) is 52.3 Å². The number of hydrogen-bond donors (Lipinski definition) is 3. The van der Waals surface area contributed by atoms with Crippen LogP contribution < -0.4 is 16.0 Å². The van der Waals surface area contributed by atoms with Crippen LogP contribution in [0.1, 0.15) is 40.2 Å². The molecule has 0 spiro atoms. The van der Waals surface area contributed by atoms with Crippen LogP contribution in [0.25, 0.3) is 5.69 Å². The van der Waals surface area contributed by atoms with Gasteiger partial charge in [-0.05, 0) is 52.3 Å². The predicted molar refractivity (Wildman–Crippen MR) is 113 cm³/mol. The second-order valence-electron chi connectivity index (χ2n) is 8.30. The molecule has 0 saturated carbocycles. The number of nitrogens with one attached hydrogen (secondary N) is 3. The smallest absolute Gasteiger partial charge is 0.408 e. The molecule has 0 aliphatic heterocycles. The van der Waals surface area contributed by atoms with Crippen molar-refractivity contribution in [3.05, 3.63) is 42.5 Å². The lowest BCUT2D eigenvalue weighted by molar-refractivity contribution is 0.0474. The molecular formula is C20H31N7O2. The highest BCUT2D eigenvalue weighted by Gasteiger charge is 2.24. The maximum absolute atomic E-state index is 12.0. The van der Waals surface area contributed by atoms with Crippen molar-refractivity contribution in [1.82, 2.24) is 30.7 Å². The molecule has 3 N–H and O–H groups in total. The van der Waals surface area contributed by atoms with Crippen molar-refractivity contribution < 1.29 is 9.53 Å². The van der Waals surface area contributed by atoms with Crippen molar-refractivity contribution in [1.29, 1.82) is 0 Å². The molecule has 0 fully saturated rings. The summed E-state index contributed by atoms with van der Waals surface area (Å²) in [5.41, 5.74) is 1.00. The lowest BCUT2D eigenvalue weighted by atomic mass is 10.1. The summed E-state index contributed by atoms with van der Waals surface area (Å²) in [7, 11) is 1.71. The van der Waals surface area contributed by atoms with E-state index in [4.69, 9.17) is 4.74 Å². The van der Waals surface area contributed by atoms with E-state index in [2.05, 4.69) is 31.0 Å². The number of aromatic nitrogens is 3.